The summed E-state index contributed by atoms with van der Waals surface area (Å²) in [6.07, 6.45) is 2.61. The molecule has 3 aromatic rings. The second-order valence-corrected chi connectivity index (χ2v) is 4.48. The number of rotatable bonds is 3. The van der Waals surface area contributed by atoms with Crippen LogP contribution >= 0.6 is 0 Å². The number of aliphatic hydroxyl groups is 1. The maximum absolute atomic E-state index is 10.4. The Kier molecular flexibility index (Phi) is 3.31. The van der Waals surface area contributed by atoms with Crippen LogP contribution in [0.4, 0.5) is 0 Å². The zero-order valence-corrected chi connectivity index (χ0v) is 11.0. The first-order valence-corrected chi connectivity index (χ1v) is 6.30. The number of hydrogen-bond donors (Lipinski definition) is 1. The molecule has 1 aromatic heterocycles. The molecule has 0 amide bonds. The fraction of sp³-hybridized carbons (Fsp3) is 0.125. The predicted octanol–water partition coefficient (Wildman–Crippen LogP) is 2.72. The van der Waals surface area contributed by atoms with Crippen molar-refractivity contribution >= 4 is 11.0 Å². The van der Waals surface area contributed by atoms with Gasteiger partial charge in [-0.3, -0.25) is 9.97 Å². The first-order chi connectivity index (χ1) is 9.78. The monoisotopic (exact) mass is 266 g/mol. The molecule has 0 saturated carbocycles. The van der Waals surface area contributed by atoms with Crippen LogP contribution in [0.3, 0.4) is 0 Å². The Labute approximate surface area is 116 Å². The molecule has 1 heterocycles. The molecule has 2 aromatic carbocycles. The summed E-state index contributed by atoms with van der Waals surface area (Å²) in [6.45, 7) is 0. The lowest BCUT2D eigenvalue weighted by Crippen LogP contribution is -2.00. The summed E-state index contributed by atoms with van der Waals surface area (Å²) >= 11 is 0. The van der Waals surface area contributed by atoms with Crippen molar-refractivity contribution in [3.05, 3.63) is 66.0 Å². The zero-order valence-electron chi connectivity index (χ0n) is 11.0. The second kappa shape index (κ2) is 5.27. The predicted molar refractivity (Wildman–Crippen MR) is 76.6 cm³/mol. The van der Waals surface area contributed by atoms with Gasteiger partial charge in [0.05, 0.1) is 18.1 Å². The van der Waals surface area contributed by atoms with Crippen molar-refractivity contribution in [2.45, 2.75) is 6.10 Å². The molecular weight excluding hydrogens is 252 g/mol. The van der Waals surface area contributed by atoms with Crippen LogP contribution in [0.2, 0.25) is 0 Å². The van der Waals surface area contributed by atoms with E-state index in [1.807, 2.05) is 42.5 Å². The van der Waals surface area contributed by atoms with Crippen molar-refractivity contribution < 1.29 is 9.84 Å². The summed E-state index contributed by atoms with van der Waals surface area (Å²) in [4.78, 5) is 8.47. The molecule has 0 aliphatic heterocycles. The first kappa shape index (κ1) is 12.6. The number of benzene rings is 2. The van der Waals surface area contributed by atoms with E-state index in [0.717, 1.165) is 27.9 Å². The van der Waals surface area contributed by atoms with E-state index in [0.29, 0.717) is 0 Å². The molecule has 1 unspecified atom stereocenters. The molecule has 4 heteroatoms. The fourth-order valence-electron chi connectivity index (χ4n) is 2.13. The molecule has 0 spiro atoms. The van der Waals surface area contributed by atoms with Gasteiger partial charge in [0.25, 0.3) is 0 Å². The third-order valence-electron chi connectivity index (χ3n) is 3.24. The van der Waals surface area contributed by atoms with E-state index in [2.05, 4.69) is 9.97 Å². The van der Waals surface area contributed by atoms with E-state index < -0.39 is 6.10 Å². The molecule has 1 N–H and O–H groups in total. The van der Waals surface area contributed by atoms with E-state index in [-0.39, 0.29) is 0 Å². The fourth-order valence-corrected chi connectivity index (χ4v) is 2.13. The Hall–Kier alpha value is -2.46. The molecule has 3 rings (SSSR count). The Balaban J connectivity index is 1.96. The molecule has 4 nitrogen and oxygen atoms in total. The van der Waals surface area contributed by atoms with Crippen molar-refractivity contribution in [2.75, 3.05) is 7.11 Å². The summed E-state index contributed by atoms with van der Waals surface area (Å²) < 4.78 is 5.11. The van der Waals surface area contributed by atoms with Gasteiger partial charge in [0.1, 0.15) is 11.9 Å². The topological polar surface area (TPSA) is 55.2 Å². The van der Waals surface area contributed by atoms with Crippen LogP contribution in [0.5, 0.6) is 5.75 Å². The first-order valence-electron chi connectivity index (χ1n) is 6.30. The Bertz CT molecular complexity index is 726. The number of fused-ring (bicyclic) bond motifs is 1. The van der Waals surface area contributed by atoms with Gasteiger partial charge in [0.15, 0.2) is 0 Å². The highest BCUT2D eigenvalue weighted by molar-refractivity contribution is 5.74. The molecular formula is C16H14N2O2. The van der Waals surface area contributed by atoms with Crippen molar-refractivity contribution in [1.82, 2.24) is 9.97 Å². The van der Waals surface area contributed by atoms with E-state index >= 15 is 0 Å². The van der Waals surface area contributed by atoms with Crippen molar-refractivity contribution in [3.63, 3.8) is 0 Å². The third kappa shape index (κ3) is 2.33. The summed E-state index contributed by atoms with van der Waals surface area (Å²) in [7, 11) is 1.62. The van der Waals surface area contributed by atoms with Crippen LogP contribution in [-0.2, 0) is 0 Å². The highest BCUT2D eigenvalue weighted by Gasteiger charge is 2.11. The van der Waals surface area contributed by atoms with Crippen LogP contribution in [0.25, 0.3) is 11.0 Å². The molecule has 100 valence electrons. The minimum Gasteiger partial charge on any atom is -0.497 e. The second-order valence-electron chi connectivity index (χ2n) is 4.48. The van der Waals surface area contributed by atoms with Crippen LogP contribution in [0.1, 0.15) is 17.2 Å². The molecule has 1 atom stereocenters. The van der Waals surface area contributed by atoms with Gasteiger partial charge in [-0.1, -0.05) is 18.2 Å². The van der Waals surface area contributed by atoms with Crippen molar-refractivity contribution in [3.8, 4) is 5.75 Å². The molecule has 0 radical (unpaired) electrons. The number of ether oxygens (including phenoxy) is 1. The smallest absolute Gasteiger partial charge is 0.118 e. The zero-order chi connectivity index (χ0) is 13.9. The summed E-state index contributed by atoms with van der Waals surface area (Å²) in [5, 5.41) is 10.4. The number of aromatic nitrogens is 2. The number of nitrogens with zero attached hydrogens (tertiary/aromatic N) is 2. The Morgan fingerprint density at radius 3 is 2.25 bits per heavy atom. The molecule has 0 saturated heterocycles. The average Bonchev–Trinajstić information content (AvgIpc) is 2.54. The Morgan fingerprint density at radius 2 is 1.55 bits per heavy atom. The average molecular weight is 266 g/mol. The lowest BCUT2D eigenvalue weighted by molar-refractivity contribution is 0.220. The van der Waals surface area contributed by atoms with Crippen LogP contribution in [0, 0.1) is 0 Å². The van der Waals surface area contributed by atoms with Crippen LogP contribution < -0.4 is 4.74 Å². The standard InChI is InChI=1S/C16H14N2O2/c1-20-13-5-2-11(3-6-13)16(19)12-4-7-14-15(10-12)18-9-8-17-14/h2-10,16,19H,1H3. The summed E-state index contributed by atoms with van der Waals surface area (Å²) in [5.74, 6) is 0.769. The SMILES string of the molecule is COc1ccc(C(O)c2ccc3nccnc3c2)cc1. The van der Waals surface area contributed by atoms with Gasteiger partial charge in [-0.05, 0) is 35.4 Å². The Morgan fingerprint density at radius 1 is 0.900 bits per heavy atom. The van der Waals surface area contributed by atoms with E-state index in [1.165, 1.54) is 0 Å². The number of hydrogen-bond acceptors (Lipinski definition) is 4. The third-order valence-corrected chi connectivity index (χ3v) is 3.24. The lowest BCUT2D eigenvalue weighted by atomic mass is 10.0. The van der Waals surface area contributed by atoms with Gasteiger partial charge in [-0.25, -0.2) is 0 Å². The minimum atomic E-state index is -0.688. The van der Waals surface area contributed by atoms with Crippen molar-refractivity contribution in [1.29, 1.82) is 0 Å². The summed E-state index contributed by atoms with van der Waals surface area (Å²) in [5.41, 5.74) is 3.20. The van der Waals surface area contributed by atoms with Gasteiger partial charge < -0.3 is 9.84 Å². The summed E-state index contributed by atoms with van der Waals surface area (Å²) in [6, 6.07) is 13.0. The van der Waals surface area contributed by atoms with E-state index in [4.69, 9.17) is 4.74 Å². The molecule has 0 bridgehead atoms. The van der Waals surface area contributed by atoms with Gasteiger partial charge in [-0.15, -0.1) is 0 Å². The quantitative estimate of drug-likeness (QED) is 0.792. The maximum atomic E-state index is 10.4. The van der Waals surface area contributed by atoms with E-state index in [9.17, 15) is 5.11 Å². The van der Waals surface area contributed by atoms with Crippen molar-refractivity contribution in [2.24, 2.45) is 0 Å². The highest BCUT2D eigenvalue weighted by atomic mass is 16.5. The molecule has 20 heavy (non-hydrogen) atoms. The molecule has 0 aliphatic carbocycles. The minimum absolute atomic E-state index is 0.688. The van der Waals surface area contributed by atoms with E-state index in [1.54, 1.807) is 19.5 Å². The van der Waals surface area contributed by atoms with Gasteiger partial charge in [0, 0.05) is 12.4 Å². The van der Waals surface area contributed by atoms with Crippen LogP contribution in [0.15, 0.2) is 54.9 Å². The van der Waals surface area contributed by atoms with Gasteiger partial charge in [-0.2, -0.15) is 0 Å². The number of aliphatic hydroxyl groups excluding tert-OH is 1. The maximum Gasteiger partial charge on any atom is 0.118 e. The largest absolute Gasteiger partial charge is 0.497 e. The normalized spacial score (nSPS) is 12.3. The lowest BCUT2D eigenvalue weighted by Gasteiger charge is -2.12. The molecule has 0 fully saturated rings. The highest BCUT2D eigenvalue weighted by Crippen LogP contribution is 2.25. The number of methoxy groups -OCH3 is 1. The van der Waals surface area contributed by atoms with Gasteiger partial charge in [0.2, 0.25) is 0 Å². The van der Waals surface area contributed by atoms with Crippen LogP contribution in [-0.4, -0.2) is 22.2 Å². The molecule has 0 aliphatic rings. The van der Waals surface area contributed by atoms with Gasteiger partial charge >= 0.3 is 0 Å².